The third-order valence-corrected chi connectivity index (χ3v) is 6.00. The van der Waals surface area contributed by atoms with Crippen LogP contribution in [0.3, 0.4) is 0 Å². The van der Waals surface area contributed by atoms with E-state index < -0.39 is 0 Å². The fraction of sp³-hybridized carbons (Fsp3) is 0.214. The van der Waals surface area contributed by atoms with Gasteiger partial charge in [0.15, 0.2) is 0 Å². The second kappa shape index (κ2) is 9.97. The van der Waals surface area contributed by atoms with E-state index in [1.807, 2.05) is 0 Å². The van der Waals surface area contributed by atoms with Crippen molar-refractivity contribution in [1.29, 1.82) is 0 Å². The molecular weight excluding hydrogens is 414 g/mol. The lowest BCUT2D eigenvalue weighted by Crippen LogP contribution is -3.00. The summed E-state index contributed by atoms with van der Waals surface area (Å²) in [5.41, 5.74) is 3.50. The van der Waals surface area contributed by atoms with Crippen molar-refractivity contribution in [3.63, 3.8) is 0 Å². The van der Waals surface area contributed by atoms with E-state index in [1.165, 1.54) is 40.4 Å². The number of imidazole rings is 1. The van der Waals surface area contributed by atoms with Crippen LogP contribution in [0.4, 0.5) is 0 Å². The van der Waals surface area contributed by atoms with Gasteiger partial charge < -0.3 is 12.4 Å². The molecule has 2 aromatic heterocycles. The summed E-state index contributed by atoms with van der Waals surface area (Å²) >= 11 is 0. The zero-order chi connectivity index (χ0) is 21.0. The van der Waals surface area contributed by atoms with Crippen molar-refractivity contribution in [3.8, 4) is 0 Å². The predicted molar refractivity (Wildman–Crippen MR) is 127 cm³/mol. The van der Waals surface area contributed by atoms with Gasteiger partial charge >= 0.3 is 0 Å². The third kappa shape index (κ3) is 4.68. The van der Waals surface area contributed by atoms with Crippen LogP contribution in [0, 0.1) is 0 Å². The molecule has 2 heterocycles. The van der Waals surface area contributed by atoms with Crippen LogP contribution in [0.2, 0.25) is 0 Å². The largest absolute Gasteiger partial charge is 1.00 e. The highest BCUT2D eigenvalue weighted by atomic mass is 35.5. The first kappa shape index (κ1) is 22.0. The number of hydrogen-bond acceptors (Lipinski definition) is 1. The molecule has 0 N–H and O–H groups in total. The Balaban J connectivity index is 0.00000245. The SMILES string of the molecule is CCCCc1n(Cc2ccc3ccccc3n2)cc[n+]1Cc1ccc2ccccc2c1.[Cl-]. The lowest BCUT2D eigenvalue weighted by atomic mass is 10.1. The Labute approximate surface area is 195 Å². The first-order valence-electron chi connectivity index (χ1n) is 11.2. The highest BCUT2D eigenvalue weighted by molar-refractivity contribution is 5.83. The number of aromatic nitrogens is 3. The summed E-state index contributed by atoms with van der Waals surface area (Å²) in [5, 5.41) is 3.79. The maximum Gasteiger partial charge on any atom is 0.257 e. The first-order chi connectivity index (χ1) is 15.3. The number of unbranched alkanes of at least 4 members (excludes halogenated alkanes) is 1. The van der Waals surface area contributed by atoms with E-state index >= 15 is 0 Å². The molecule has 162 valence electrons. The van der Waals surface area contributed by atoms with Gasteiger partial charge in [0.1, 0.15) is 25.5 Å². The Kier molecular flexibility index (Phi) is 6.87. The van der Waals surface area contributed by atoms with Gasteiger partial charge in [-0.05, 0) is 41.0 Å². The van der Waals surface area contributed by atoms with E-state index in [-0.39, 0.29) is 12.4 Å². The lowest BCUT2D eigenvalue weighted by molar-refractivity contribution is -0.695. The fourth-order valence-electron chi connectivity index (χ4n) is 4.31. The summed E-state index contributed by atoms with van der Waals surface area (Å²) in [5.74, 6) is 1.37. The zero-order valence-electron chi connectivity index (χ0n) is 18.4. The van der Waals surface area contributed by atoms with Crippen LogP contribution in [0.25, 0.3) is 21.7 Å². The van der Waals surface area contributed by atoms with Crippen molar-refractivity contribution in [2.75, 3.05) is 0 Å². The fourth-order valence-corrected chi connectivity index (χ4v) is 4.31. The van der Waals surface area contributed by atoms with E-state index in [9.17, 15) is 0 Å². The van der Waals surface area contributed by atoms with Crippen molar-refractivity contribution in [3.05, 3.63) is 108 Å². The molecule has 0 aliphatic carbocycles. The van der Waals surface area contributed by atoms with Gasteiger partial charge in [0.05, 0.1) is 11.2 Å². The number of halogens is 1. The third-order valence-electron chi connectivity index (χ3n) is 6.00. The summed E-state index contributed by atoms with van der Waals surface area (Å²) in [6.07, 6.45) is 7.89. The topological polar surface area (TPSA) is 21.7 Å². The Morgan fingerprint density at radius 3 is 2.44 bits per heavy atom. The van der Waals surface area contributed by atoms with E-state index in [0.717, 1.165) is 30.7 Å². The summed E-state index contributed by atoms with van der Waals surface area (Å²) in [6.45, 7) is 3.95. The number of pyridine rings is 1. The molecule has 0 saturated carbocycles. The van der Waals surface area contributed by atoms with E-state index in [0.29, 0.717) is 0 Å². The average molecular weight is 442 g/mol. The average Bonchev–Trinajstić information content (AvgIpc) is 3.18. The maximum atomic E-state index is 4.89. The normalized spacial score (nSPS) is 11.0. The second-order valence-corrected chi connectivity index (χ2v) is 8.25. The molecule has 0 bridgehead atoms. The second-order valence-electron chi connectivity index (χ2n) is 8.25. The molecule has 5 aromatic rings. The number of fused-ring (bicyclic) bond motifs is 2. The van der Waals surface area contributed by atoms with Crippen LogP contribution < -0.4 is 17.0 Å². The van der Waals surface area contributed by atoms with Crippen molar-refractivity contribution in [1.82, 2.24) is 9.55 Å². The van der Waals surface area contributed by atoms with Crippen LogP contribution in [0.15, 0.2) is 91.3 Å². The molecule has 0 amide bonds. The van der Waals surface area contributed by atoms with E-state index in [4.69, 9.17) is 4.98 Å². The molecular formula is C28H28ClN3. The number of para-hydroxylation sites is 1. The van der Waals surface area contributed by atoms with E-state index in [1.54, 1.807) is 0 Å². The lowest BCUT2D eigenvalue weighted by Gasteiger charge is -2.07. The van der Waals surface area contributed by atoms with Crippen LogP contribution >= 0.6 is 0 Å². The highest BCUT2D eigenvalue weighted by Gasteiger charge is 2.18. The molecule has 3 aromatic carbocycles. The van der Waals surface area contributed by atoms with E-state index in [2.05, 4.69) is 107 Å². The quantitative estimate of drug-likeness (QED) is 0.356. The Morgan fingerprint density at radius 1 is 0.844 bits per heavy atom. The maximum absolute atomic E-state index is 4.89. The van der Waals surface area contributed by atoms with Crippen LogP contribution in [-0.4, -0.2) is 9.55 Å². The van der Waals surface area contributed by atoms with Crippen molar-refractivity contribution >= 4 is 21.7 Å². The number of benzene rings is 3. The van der Waals surface area contributed by atoms with Gasteiger partial charge in [0.25, 0.3) is 5.82 Å². The zero-order valence-corrected chi connectivity index (χ0v) is 19.2. The van der Waals surface area contributed by atoms with Gasteiger partial charge in [-0.15, -0.1) is 0 Å². The Morgan fingerprint density at radius 2 is 1.59 bits per heavy atom. The summed E-state index contributed by atoms with van der Waals surface area (Å²) < 4.78 is 4.77. The molecule has 0 unspecified atom stereocenters. The first-order valence-corrected chi connectivity index (χ1v) is 11.2. The summed E-state index contributed by atoms with van der Waals surface area (Å²) in [7, 11) is 0. The number of nitrogens with zero attached hydrogens (tertiary/aromatic N) is 3. The summed E-state index contributed by atoms with van der Waals surface area (Å²) in [6, 6.07) is 28.0. The Bertz CT molecular complexity index is 1240. The van der Waals surface area contributed by atoms with Gasteiger partial charge in [-0.3, -0.25) is 0 Å². The van der Waals surface area contributed by atoms with Gasteiger partial charge in [-0.2, -0.15) is 0 Å². The van der Waals surface area contributed by atoms with Crippen molar-refractivity contribution < 1.29 is 17.0 Å². The smallest absolute Gasteiger partial charge is 0.257 e. The molecule has 0 spiro atoms. The minimum absolute atomic E-state index is 0. The molecule has 0 fully saturated rings. The van der Waals surface area contributed by atoms with Gasteiger partial charge in [0.2, 0.25) is 0 Å². The summed E-state index contributed by atoms with van der Waals surface area (Å²) in [4.78, 5) is 4.89. The van der Waals surface area contributed by atoms with Gasteiger partial charge in [0, 0.05) is 11.8 Å². The monoisotopic (exact) mass is 441 g/mol. The van der Waals surface area contributed by atoms with Crippen LogP contribution in [0.1, 0.15) is 36.8 Å². The number of rotatable bonds is 7. The van der Waals surface area contributed by atoms with Crippen LogP contribution in [0.5, 0.6) is 0 Å². The highest BCUT2D eigenvalue weighted by Crippen LogP contribution is 2.17. The molecule has 32 heavy (non-hydrogen) atoms. The molecule has 3 nitrogen and oxygen atoms in total. The molecule has 0 aliphatic rings. The number of hydrogen-bond donors (Lipinski definition) is 0. The van der Waals surface area contributed by atoms with Crippen molar-refractivity contribution in [2.45, 2.75) is 39.3 Å². The molecule has 0 radical (unpaired) electrons. The minimum atomic E-state index is 0. The molecule has 0 atom stereocenters. The molecule has 0 saturated heterocycles. The van der Waals surface area contributed by atoms with Crippen molar-refractivity contribution in [2.24, 2.45) is 0 Å². The molecule has 0 aliphatic heterocycles. The van der Waals surface area contributed by atoms with Gasteiger partial charge in [-0.1, -0.05) is 74.0 Å². The van der Waals surface area contributed by atoms with Gasteiger partial charge in [-0.25, -0.2) is 14.1 Å². The Hall–Kier alpha value is -3.17. The van der Waals surface area contributed by atoms with Crippen LogP contribution in [-0.2, 0) is 19.5 Å². The standard InChI is InChI=1S/C28H28N3.ClH/c1-2-3-12-28-30(20-22-13-14-23-8-4-5-10-25(23)19-22)17-18-31(28)21-26-16-15-24-9-6-7-11-27(24)29-26;/h4-11,13-19H,2-3,12,20-21H2,1H3;1H/q+1;/p-1. The molecule has 4 heteroatoms. The molecule has 5 rings (SSSR count). The minimum Gasteiger partial charge on any atom is -1.00 e. The predicted octanol–water partition coefficient (Wildman–Crippen LogP) is 2.92.